The van der Waals surface area contributed by atoms with Crippen LogP contribution in [0, 0.1) is 0 Å². The maximum atomic E-state index is 12.5. The van der Waals surface area contributed by atoms with E-state index in [0.717, 1.165) is 11.3 Å². The second-order valence-electron chi connectivity index (χ2n) is 6.87. The Morgan fingerprint density at radius 3 is 2.29 bits per heavy atom. The summed E-state index contributed by atoms with van der Waals surface area (Å²) in [6.45, 7) is 2.78. The predicted octanol–water partition coefficient (Wildman–Crippen LogP) is 3.80. The largest absolute Gasteiger partial charge is 0.422 e. The molecule has 0 aliphatic heterocycles. The number of carbonyl (C=O) groups is 2. The zero-order chi connectivity index (χ0) is 20.4. The van der Waals surface area contributed by atoms with Crippen LogP contribution in [0.4, 0.5) is 11.4 Å². The van der Waals surface area contributed by atoms with Crippen LogP contribution in [0.5, 0.6) is 0 Å². The van der Waals surface area contributed by atoms with Gasteiger partial charge in [0.2, 0.25) is 0 Å². The first-order valence-corrected chi connectivity index (χ1v) is 8.90. The number of Topliss-reactive ketones (excluding diaryl/α,β-unsaturated/α-hetero) is 2. The standard InChI is InChI=1S/C22H22N2O4/c1-13(25)19-21(23-20(14(2)26)15-8-6-5-7-9-15)17-11-10-16(24(3)4)12-18(17)28-22(19)27/h5-12,20,23H,1-4H3/t20-/m1/s1. The van der Waals surface area contributed by atoms with Crippen LogP contribution >= 0.6 is 0 Å². The zero-order valence-electron chi connectivity index (χ0n) is 16.3. The molecule has 0 fully saturated rings. The summed E-state index contributed by atoms with van der Waals surface area (Å²) in [5.74, 6) is -0.558. The molecule has 0 spiro atoms. The van der Waals surface area contributed by atoms with Crippen molar-refractivity contribution in [2.75, 3.05) is 24.3 Å². The van der Waals surface area contributed by atoms with Gasteiger partial charge in [0.25, 0.3) is 0 Å². The molecule has 0 radical (unpaired) electrons. The highest BCUT2D eigenvalue weighted by atomic mass is 16.4. The SMILES string of the molecule is CC(=O)c1c(N[C@H](C(C)=O)c2ccccc2)c2ccc(N(C)C)cc2oc1=O. The summed E-state index contributed by atoms with van der Waals surface area (Å²) in [5, 5.41) is 3.70. The van der Waals surface area contributed by atoms with Gasteiger partial charge >= 0.3 is 5.63 Å². The number of nitrogens with one attached hydrogen (secondary N) is 1. The van der Waals surface area contributed by atoms with Crippen molar-refractivity contribution in [2.45, 2.75) is 19.9 Å². The highest BCUT2D eigenvalue weighted by Crippen LogP contribution is 2.31. The number of hydrogen-bond acceptors (Lipinski definition) is 6. The fourth-order valence-electron chi connectivity index (χ4n) is 3.15. The molecule has 0 saturated heterocycles. The molecule has 2 aromatic carbocycles. The van der Waals surface area contributed by atoms with E-state index in [9.17, 15) is 14.4 Å². The molecule has 3 aromatic rings. The van der Waals surface area contributed by atoms with Crippen molar-refractivity contribution >= 4 is 33.9 Å². The normalized spacial score (nSPS) is 11.9. The molecule has 1 N–H and O–H groups in total. The third-order valence-electron chi connectivity index (χ3n) is 4.59. The fourth-order valence-corrected chi connectivity index (χ4v) is 3.15. The van der Waals surface area contributed by atoms with Crippen LogP contribution in [0.25, 0.3) is 11.0 Å². The summed E-state index contributed by atoms with van der Waals surface area (Å²) in [6.07, 6.45) is 0. The molecule has 144 valence electrons. The van der Waals surface area contributed by atoms with Gasteiger partial charge in [0.15, 0.2) is 11.6 Å². The molecule has 0 aliphatic rings. The minimum absolute atomic E-state index is 0.0905. The van der Waals surface area contributed by atoms with Gasteiger partial charge in [-0.05, 0) is 31.5 Å². The summed E-state index contributed by atoms with van der Waals surface area (Å²) in [7, 11) is 3.76. The van der Waals surface area contributed by atoms with E-state index in [1.807, 2.05) is 55.4 Å². The Labute approximate surface area is 162 Å². The number of benzene rings is 2. The van der Waals surface area contributed by atoms with Crippen LogP contribution in [0.1, 0.15) is 35.8 Å². The van der Waals surface area contributed by atoms with Gasteiger partial charge in [-0.1, -0.05) is 30.3 Å². The maximum absolute atomic E-state index is 12.5. The number of ketones is 2. The third kappa shape index (κ3) is 3.67. The molecule has 1 aromatic heterocycles. The number of anilines is 2. The van der Waals surface area contributed by atoms with Gasteiger partial charge in [-0.25, -0.2) is 4.79 Å². The van der Waals surface area contributed by atoms with E-state index in [1.54, 1.807) is 12.1 Å². The van der Waals surface area contributed by atoms with Gasteiger partial charge in [-0.15, -0.1) is 0 Å². The summed E-state index contributed by atoms with van der Waals surface area (Å²) in [4.78, 5) is 39.0. The Morgan fingerprint density at radius 1 is 1.04 bits per heavy atom. The molecule has 0 amide bonds. The van der Waals surface area contributed by atoms with Crippen LogP contribution in [0.15, 0.2) is 57.7 Å². The van der Waals surface area contributed by atoms with Crippen molar-refractivity contribution in [2.24, 2.45) is 0 Å². The van der Waals surface area contributed by atoms with Gasteiger partial charge in [-0.3, -0.25) is 9.59 Å². The lowest BCUT2D eigenvalue weighted by Crippen LogP contribution is -2.23. The molecule has 6 heteroatoms. The number of fused-ring (bicyclic) bond motifs is 1. The smallest absolute Gasteiger partial charge is 0.349 e. The predicted molar refractivity (Wildman–Crippen MR) is 110 cm³/mol. The number of rotatable bonds is 6. The highest BCUT2D eigenvalue weighted by Gasteiger charge is 2.24. The van der Waals surface area contributed by atoms with Crippen LogP contribution in [-0.2, 0) is 4.79 Å². The first kappa shape index (κ1) is 19.4. The molecule has 0 bridgehead atoms. The average molecular weight is 378 g/mol. The van der Waals surface area contributed by atoms with E-state index in [0.29, 0.717) is 16.7 Å². The zero-order valence-corrected chi connectivity index (χ0v) is 16.3. The van der Waals surface area contributed by atoms with Gasteiger partial charge < -0.3 is 14.6 Å². The molecule has 1 heterocycles. The Morgan fingerprint density at radius 2 is 1.71 bits per heavy atom. The van der Waals surface area contributed by atoms with E-state index in [-0.39, 0.29) is 11.3 Å². The first-order valence-electron chi connectivity index (χ1n) is 8.90. The maximum Gasteiger partial charge on any atom is 0.349 e. The van der Waals surface area contributed by atoms with Crippen molar-refractivity contribution in [3.8, 4) is 0 Å². The van der Waals surface area contributed by atoms with Gasteiger partial charge in [-0.2, -0.15) is 0 Å². The van der Waals surface area contributed by atoms with E-state index in [4.69, 9.17) is 4.42 Å². The molecule has 3 rings (SSSR count). The monoisotopic (exact) mass is 378 g/mol. The second-order valence-corrected chi connectivity index (χ2v) is 6.87. The minimum atomic E-state index is -0.728. The fraction of sp³-hybridized carbons (Fsp3) is 0.227. The van der Waals surface area contributed by atoms with Crippen LogP contribution < -0.4 is 15.8 Å². The summed E-state index contributed by atoms with van der Waals surface area (Å²) >= 11 is 0. The summed E-state index contributed by atoms with van der Waals surface area (Å²) in [6, 6.07) is 13.9. The van der Waals surface area contributed by atoms with Crippen molar-refractivity contribution in [1.82, 2.24) is 0 Å². The summed E-state index contributed by atoms with van der Waals surface area (Å²) < 4.78 is 5.41. The molecule has 0 unspecified atom stereocenters. The molecule has 28 heavy (non-hydrogen) atoms. The average Bonchev–Trinajstić information content (AvgIpc) is 2.65. The number of carbonyl (C=O) groups excluding carboxylic acids is 2. The van der Waals surface area contributed by atoms with E-state index in [2.05, 4.69) is 5.32 Å². The molecule has 0 saturated carbocycles. The quantitative estimate of drug-likeness (QED) is 0.519. The Kier molecular flexibility index (Phi) is 5.31. The van der Waals surface area contributed by atoms with Crippen molar-refractivity contribution in [1.29, 1.82) is 0 Å². The van der Waals surface area contributed by atoms with Crippen LogP contribution in [-0.4, -0.2) is 25.7 Å². The molecule has 6 nitrogen and oxygen atoms in total. The number of hydrogen-bond donors (Lipinski definition) is 1. The van der Waals surface area contributed by atoms with Crippen LogP contribution in [0.3, 0.4) is 0 Å². The Bertz CT molecular complexity index is 1100. The first-order chi connectivity index (χ1) is 13.3. The third-order valence-corrected chi connectivity index (χ3v) is 4.59. The second kappa shape index (κ2) is 7.68. The highest BCUT2D eigenvalue weighted by molar-refractivity contribution is 6.07. The molecular weight excluding hydrogens is 356 g/mol. The lowest BCUT2D eigenvalue weighted by Gasteiger charge is -2.21. The molecule has 0 aliphatic carbocycles. The van der Waals surface area contributed by atoms with Crippen LogP contribution in [0.2, 0.25) is 0 Å². The Balaban J connectivity index is 2.24. The lowest BCUT2D eigenvalue weighted by atomic mass is 10.0. The molecule has 1 atom stereocenters. The van der Waals surface area contributed by atoms with Crippen molar-refractivity contribution in [3.63, 3.8) is 0 Å². The van der Waals surface area contributed by atoms with Gasteiger partial charge in [0.1, 0.15) is 17.2 Å². The summed E-state index contributed by atoms with van der Waals surface area (Å²) in [5.41, 5.74) is 1.44. The van der Waals surface area contributed by atoms with E-state index in [1.165, 1.54) is 13.8 Å². The molecular formula is C22H22N2O4. The topological polar surface area (TPSA) is 79.6 Å². The van der Waals surface area contributed by atoms with E-state index >= 15 is 0 Å². The Hall–Kier alpha value is -3.41. The lowest BCUT2D eigenvalue weighted by molar-refractivity contribution is -0.117. The number of nitrogens with zero attached hydrogens (tertiary/aromatic N) is 1. The van der Waals surface area contributed by atoms with Crippen molar-refractivity contribution < 1.29 is 14.0 Å². The minimum Gasteiger partial charge on any atom is -0.422 e. The van der Waals surface area contributed by atoms with Crippen molar-refractivity contribution in [3.05, 3.63) is 70.1 Å². The van der Waals surface area contributed by atoms with Gasteiger partial charge in [0, 0.05) is 31.2 Å². The van der Waals surface area contributed by atoms with Gasteiger partial charge in [0.05, 0.1) is 5.69 Å². The van der Waals surface area contributed by atoms with E-state index < -0.39 is 17.5 Å².